The van der Waals surface area contributed by atoms with Crippen LogP contribution >= 0.6 is 0 Å². The minimum atomic E-state index is -0.821. The molecule has 1 amide bonds. The van der Waals surface area contributed by atoms with E-state index in [1.54, 1.807) is 25.8 Å². The van der Waals surface area contributed by atoms with Crippen LogP contribution in [0.3, 0.4) is 0 Å². The summed E-state index contributed by atoms with van der Waals surface area (Å²) in [5.41, 5.74) is 0.483. The SMILES string of the molecule is CN1C(=O)C(C)(C)Oc2ccc(CC3(O)CC3)cc21. The molecule has 4 heteroatoms. The van der Waals surface area contributed by atoms with Gasteiger partial charge in [0.15, 0.2) is 5.60 Å². The summed E-state index contributed by atoms with van der Waals surface area (Å²) in [5, 5.41) is 9.98. The molecule has 1 aliphatic carbocycles. The number of fused-ring (bicyclic) bond motifs is 1. The Morgan fingerprint density at radius 1 is 1.37 bits per heavy atom. The Bertz CT molecular complexity index is 546. The lowest BCUT2D eigenvalue weighted by Crippen LogP contribution is -2.50. The highest BCUT2D eigenvalue weighted by molar-refractivity contribution is 6.01. The summed E-state index contributed by atoms with van der Waals surface area (Å²) in [6.07, 6.45) is 2.37. The Morgan fingerprint density at radius 2 is 2.05 bits per heavy atom. The summed E-state index contributed by atoms with van der Waals surface area (Å²) >= 11 is 0. The van der Waals surface area contributed by atoms with Gasteiger partial charge in [0.05, 0.1) is 11.3 Å². The third-order valence-electron chi connectivity index (χ3n) is 3.93. The van der Waals surface area contributed by atoms with Crippen molar-refractivity contribution in [2.75, 3.05) is 11.9 Å². The van der Waals surface area contributed by atoms with Crippen molar-refractivity contribution in [2.45, 2.75) is 44.3 Å². The second kappa shape index (κ2) is 3.73. The second-order valence-electron chi connectivity index (χ2n) is 6.18. The van der Waals surface area contributed by atoms with Gasteiger partial charge in [0.25, 0.3) is 5.91 Å². The second-order valence-corrected chi connectivity index (χ2v) is 6.18. The molecule has 1 aromatic rings. The number of hydrogen-bond donors (Lipinski definition) is 1. The van der Waals surface area contributed by atoms with E-state index in [4.69, 9.17) is 4.74 Å². The Kier molecular flexibility index (Phi) is 2.45. The molecule has 1 saturated carbocycles. The lowest BCUT2D eigenvalue weighted by molar-refractivity contribution is -0.132. The molecule has 0 bridgehead atoms. The lowest BCUT2D eigenvalue weighted by Gasteiger charge is -2.37. The molecule has 0 saturated heterocycles. The molecule has 1 heterocycles. The van der Waals surface area contributed by atoms with Crippen molar-refractivity contribution in [2.24, 2.45) is 0 Å². The average Bonchev–Trinajstić information content (AvgIpc) is 3.05. The number of benzene rings is 1. The van der Waals surface area contributed by atoms with Gasteiger partial charge in [-0.15, -0.1) is 0 Å². The molecule has 3 rings (SSSR count). The van der Waals surface area contributed by atoms with Gasteiger partial charge in [-0.3, -0.25) is 4.79 Å². The summed E-state index contributed by atoms with van der Waals surface area (Å²) in [5.74, 6) is 0.668. The maximum absolute atomic E-state index is 12.2. The Hall–Kier alpha value is -1.55. The quantitative estimate of drug-likeness (QED) is 0.884. The molecule has 2 aliphatic rings. The number of aliphatic hydroxyl groups is 1. The Balaban J connectivity index is 1.95. The van der Waals surface area contributed by atoms with E-state index in [-0.39, 0.29) is 5.91 Å². The van der Waals surface area contributed by atoms with Crippen molar-refractivity contribution >= 4 is 11.6 Å². The van der Waals surface area contributed by atoms with Crippen LogP contribution in [0.15, 0.2) is 18.2 Å². The topological polar surface area (TPSA) is 49.8 Å². The summed E-state index contributed by atoms with van der Waals surface area (Å²) in [4.78, 5) is 13.8. The molecule has 102 valence electrons. The van der Waals surface area contributed by atoms with Gasteiger partial charge in [-0.1, -0.05) is 6.07 Å². The van der Waals surface area contributed by atoms with Crippen molar-refractivity contribution in [3.8, 4) is 5.75 Å². The maximum atomic E-state index is 12.2. The number of likely N-dealkylation sites (N-methyl/N-ethyl adjacent to an activating group) is 1. The smallest absolute Gasteiger partial charge is 0.270 e. The van der Waals surface area contributed by atoms with Gasteiger partial charge >= 0.3 is 0 Å². The lowest BCUT2D eigenvalue weighted by atomic mass is 10.0. The highest BCUT2D eigenvalue weighted by Crippen LogP contribution is 2.41. The summed E-state index contributed by atoms with van der Waals surface area (Å²) in [7, 11) is 1.76. The molecular formula is C15H19NO3. The van der Waals surface area contributed by atoms with E-state index in [0.717, 1.165) is 29.8 Å². The standard InChI is InChI=1S/C15H19NO3/c1-14(2)13(17)16(3)11-8-10(4-5-12(11)19-14)9-15(18)6-7-15/h4-5,8,18H,6-7,9H2,1-3H3. The van der Waals surface area contributed by atoms with Crippen LogP contribution in [0.4, 0.5) is 5.69 Å². The number of rotatable bonds is 2. The molecule has 1 aromatic carbocycles. The number of amides is 1. The van der Waals surface area contributed by atoms with E-state index in [9.17, 15) is 9.90 Å². The van der Waals surface area contributed by atoms with Crippen LogP contribution in [0, 0.1) is 0 Å². The van der Waals surface area contributed by atoms with E-state index in [2.05, 4.69) is 0 Å². The number of ether oxygens (including phenoxy) is 1. The third kappa shape index (κ3) is 2.10. The minimum Gasteiger partial charge on any atom is -0.476 e. The minimum absolute atomic E-state index is 0.0534. The number of carbonyl (C=O) groups excluding carboxylic acids is 1. The molecule has 0 spiro atoms. The van der Waals surface area contributed by atoms with E-state index >= 15 is 0 Å². The summed E-state index contributed by atoms with van der Waals surface area (Å²) < 4.78 is 5.75. The summed E-state index contributed by atoms with van der Waals surface area (Å²) in [6.45, 7) is 3.55. The average molecular weight is 261 g/mol. The van der Waals surface area contributed by atoms with Gasteiger partial charge in [-0.25, -0.2) is 0 Å². The first-order valence-corrected chi connectivity index (χ1v) is 6.63. The fourth-order valence-corrected chi connectivity index (χ4v) is 2.55. The molecule has 4 nitrogen and oxygen atoms in total. The van der Waals surface area contributed by atoms with E-state index < -0.39 is 11.2 Å². The Labute approximate surface area is 113 Å². The molecule has 1 N–H and O–H groups in total. The fourth-order valence-electron chi connectivity index (χ4n) is 2.55. The number of nitrogens with zero attached hydrogens (tertiary/aromatic N) is 1. The molecule has 1 fully saturated rings. The van der Waals surface area contributed by atoms with Crippen molar-refractivity contribution in [1.82, 2.24) is 0 Å². The van der Waals surface area contributed by atoms with Gasteiger partial charge in [-0.05, 0) is 44.4 Å². The van der Waals surface area contributed by atoms with Crippen LogP contribution in [0.2, 0.25) is 0 Å². The van der Waals surface area contributed by atoms with Crippen molar-refractivity contribution in [3.05, 3.63) is 23.8 Å². The maximum Gasteiger partial charge on any atom is 0.270 e. The van der Waals surface area contributed by atoms with Crippen molar-refractivity contribution < 1.29 is 14.6 Å². The zero-order valence-corrected chi connectivity index (χ0v) is 11.6. The number of anilines is 1. The molecule has 0 unspecified atom stereocenters. The largest absolute Gasteiger partial charge is 0.476 e. The van der Waals surface area contributed by atoms with Gasteiger partial charge in [0, 0.05) is 13.5 Å². The fraction of sp³-hybridized carbons (Fsp3) is 0.533. The highest BCUT2D eigenvalue weighted by Gasteiger charge is 2.42. The third-order valence-corrected chi connectivity index (χ3v) is 3.93. The first-order valence-electron chi connectivity index (χ1n) is 6.63. The van der Waals surface area contributed by atoms with Gasteiger partial charge < -0.3 is 14.7 Å². The van der Waals surface area contributed by atoms with Gasteiger partial charge in [-0.2, -0.15) is 0 Å². The monoisotopic (exact) mass is 261 g/mol. The molecule has 0 radical (unpaired) electrons. The van der Waals surface area contributed by atoms with Crippen molar-refractivity contribution in [3.63, 3.8) is 0 Å². The molecule has 0 aromatic heterocycles. The summed E-state index contributed by atoms with van der Waals surface area (Å²) in [6, 6.07) is 5.80. The zero-order valence-electron chi connectivity index (χ0n) is 11.6. The first-order chi connectivity index (χ1) is 8.81. The highest BCUT2D eigenvalue weighted by atomic mass is 16.5. The number of carbonyl (C=O) groups is 1. The number of hydrogen-bond acceptors (Lipinski definition) is 3. The van der Waals surface area contributed by atoms with E-state index in [1.165, 1.54) is 0 Å². The van der Waals surface area contributed by atoms with Crippen molar-refractivity contribution in [1.29, 1.82) is 0 Å². The van der Waals surface area contributed by atoms with Crippen LogP contribution in [0.5, 0.6) is 5.75 Å². The first kappa shape index (κ1) is 12.5. The van der Waals surface area contributed by atoms with E-state index in [1.807, 2.05) is 18.2 Å². The predicted molar refractivity (Wildman–Crippen MR) is 72.4 cm³/mol. The molecular weight excluding hydrogens is 242 g/mol. The van der Waals surface area contributed by atoms with Crippen LogP contribution in [0.1, 0.15) is 32.3 Å². The molecule has 19 heavy (non-hydrogen) atoms. The van der Waals surface area contributed by atoms with Crippen LogP contribution < -0.4 is 9.64 Å². The Morgan fingerprint density at radius 3 is 2.68 bits per heavy atom. The predicted octanol–water partition coefficient (Wildman–Crippen LogP) is 1.89. The van der Waals surface area contributed by atoms with Crippen LogP contribution in [-0.4, -0.2) is 29.3 Å². The van der Waals surface area contributed by atoms with Gasteiger partial charge in [0.2, 0.25) is 0 Å². The molecule has 0 atom stereocenters. The van der Waals surface area contributed by atoms with Crippen LogP contribution in [0.25, 0.3) is 0 Å². The molecule has 1 aliphatic heterocycles. The van der Waals surface area contributed by atoms with Gasteiger partial charge in [0.1, 0.15) is 5.75 Å². The zero-order chi connectivity index (χ0) is 13.8. The van der Waals surface area contributed by atoms with E-state index in [0.29, 0.717) is 6.42 Å². The normalized spacial score (nSPS) is 22.7. The van der Waals surface area contributed by atoms with Crippen LogP contribution in [-0.2, 0) is 11.2 Å².